The number of hydrogen-bond acceptors (Lipinski definition) is 4. The van der Waals surface area contributed by atoms with Crippen molar-refractivity contribution >= 4 is 21.6 Å². The highest BCUT2D eigenvalue weighted by molar-refractivity contribution is 7.89. The molecule has 0 unspecified atom stereocenters. The molecule has 1 N–H and O–H groups in total. The first-order valence-electron chi connectivity index (χ1n) is 9.26. The number of rotatable bonds is 7. The van der Waals surface area contributed by atoms with Crippen molar-refractivity contribution < 1.29 is 8.42 Å². The van der Waals surface area contributed by atoms with E-state index in [0.29, 0.717) is 11.6 Å². The van der Waals surface area contributed by atoms with Crippen molar-refractivity contribution in [1.82, 2.24) is 14.5 Å². The summed E-state index contributed by atoms with van der Waals surface area (Å²) >= 11 is 5.87. The molecule has 1 aliphatic rings. The minimum Gasteiger partial charge on any atom is -0.301 e. The molecule has 1 heterocycles. The van der Waals surface area contributed by atoms with Gasteiger partial charge in [0, 0.05) is 43.8 Å². The quantitative estimate of drug-likeness (QED) is 0.766. The molecule has 27 heavy (non-hydrogen) atoms. The zero-order chi connectivity index (χ0) is 19.3. The van der Waals surface area contributed by atoms with E-state index in [2.05, 4.69) is 33.6 Å². The number of halogens is 1. The lowest BCUT2D eigenvalue weighted by molar-refractivity contribution is 0.100. The van der Waals surface area contributed by atoms with Crippen molar-refractivity contribution in [3.8, 4) is 0 Å². The smallest absolute Gasteiger partial charge is 0.240 e. The Hall–Kier alpha value is -1.44. The lowest BCUT2D eigenvalue weighted by atomic mass is 10.0. The number of nitrogens with zero attached hydrogens (tertiary/aromatic N) is 2. The van der Waals surface area contributed by atoms with Crippen LogP contribution >= 0.6 is 11.6 Å². The van der Waals surface area contributed by atoms with Crippen LogP contribution in [0, 0.1) is 0 Å². The Morgan fingerprint density at radius 2 is 1.63 bits per heavy atom. The van der Waals surface area contributed by atoms with E-state index < -0.39 is 10.0 Å². The normalized spacial score (nSPS) is 17.7. The van der Waals surface area contributed by atoms with Crippen molar-refractivity contribution in [1.29, 1.82) is 0 Å². The summed E-state index contributed by atoms with van der Waals surface area (Å²) in [6, 6.07) is 16.4. The molecule has 0 aliphatic carbocycles. The molecule has 2 aromatic carbocycles. The largest absolute Gasteiger partial charge is 0.301 e. The van der Waals surface area contributed by atoms with Crippen LogP contribution in [0.25, 0.3) is 0 Å². The van der Waals surface area contributed by atoms with E-state index in [-0.39, 0.29) is 10.9 Å². The highest BCUT2D eigenvalue weighted by Crippen LogP contribution is 2.23. The van der Waals surface area contributed by atoms with Crippen molar-refractivity contribution in [3.63, 3.8) is 0 Å². The lowest BCUT2D eigenvalue weighted by Crippen LogP contribution is -2.49. The summed E-state index contributed by atoms with van der Waals surface area (Å²) in [6.45, 7) is 7.42. The van der Waals surface area contributed by atoms with Gasteiger partial charge in [0.25, 0.3) is 0 Å². The molecule has 0 saturated carbocycles. The average Bonchev–Trinajstić information content (AvgIpc) is 2.70. The molecule has 1 aliphatic heterocycles. The highest BCUT2D eigenvalue weighted by Gasteiger charge is 2.26. The van der Waals surface area contributed by atoms with Crippen LogP contribution in [-0.4, -0.2) is 57.5 Å². The molecule has 1 saturated heterocycles. The third kappa shape index (κ3) is 5.30. The summed E-state index contributed by atoms with van der Waals surface area (Å²) in [5.41, 5.74) is 1.13. The second kappa shape index (κ2) is 9.17. The van der Waals surface area contributed by atoms with Gasteiger partial charge >= 0.3 is 0 Å². The number of nitrogens with one attached hydrogen (secondary N) is 1. The van der Waals surface area contributed by atoms with E-state index >= 15 is 0 Å². The average molecular weight is 408 g/mol. The Bertz CT molecular complexity index is 820. The van der Waals surface area contributed by atoms with Crippen LogP contribution in [0.2, 0.25) is 5.02 Å². The van der Waals surface area contributed by atoms with Gasteiger partial charge in [0.05, 0.1) is 4.90 Å². The van der Waals surface area contributed by atoms with Crippen LogP contribution < -0.4 is 4.72 Å². The molecule has 7 heteroatoms. The van der Waals surface area contributed by atoms with Gasteiger partial charge in [0.2, 0.25) is 10.0 Å². The monoisotopic (exact) mass is 407 g/mol. The van der Waals surface area contributed by atoms with E-state index in [4.69, 9.17) is 11.6 Å². The first kappa shape index (κ1) is 20.3. The number of piperazine rings is 1. The zero-order valence-electron chi connectivity index (χ0n) is 15.5. The maximum atomic E-state index is 12.7. The Balaban J connectivity index is 1.75. The van der Waals surface area contributed by atoms with Crippen LogP contribution in [0.4, 0.5) is 0 Å². The molecule has 5 nitrogen and oxygen atoms in total. The predicted molar refractivity (Wildman–Crippen MR) is 110 cm³/mol. The van der Waals surface area contributed by atoms with Gasteiger partial charge in [-0.15, -0.1) is 0 Å². The molecular formula is C20H26ClN3O2S. The van der Waals surface area contributed by atoms with Crippen molar-refractivity contribution in [3.05, 3.63) is 65.2 Å². The maximum Gasteiger partial charge on any atom is 0.240 e. The molecule has 0 amide bonds. The molecule has 0 bridgehead atoms. The fourth-order valence-corrected chi connectivity index (χ4v) is 4.57. The second-order valence-corrected chi connectivity index (χ2v) is 8.91. The van der Waals surface area contributed by atoms with Gasteiger partial charge in [-0.1, -0.05) is 48.9 Å². The van der Waals surface area contributed by atoms with Gasteiger partial charge in [0.15, 0.2) is 0 Å². The minimum absolute atomic E-state index is 0.00674. The molecule has 0 spiro atoms. The number of sulfonamides is 1. The molecule has 146 valence electrons. The Labute approximate surface area is 167 Å². The first-order valence-corrected chi connectivity index (χ1v) is 11.1. The molecular weight excluding hydrogens is 382 g/mol. The summed E-state index contributed by atoms with van der Waals surface area (Å²) in [6.07, 6.45) is 0. The lowest BCUT2D eigenvalue weighted by Gasteiger charge is -2.39. The van der Waals surface area contributed by atoms with Crippen LogP contribution in [-0.2, 0) is 10.0 Å². The number of hydrogen-bond donors (Lipinski definition) is 1. The van der Waals surface area contributed by atoms with E-state index in [0.717, 1.165) is 38.3 Å². The summed E-state index contributed by atoms with van der Waals surface area (Å²) in [4.78, 5) is 5.01. The summed E-state index contributed by atoms with van der Waals surface area (Å²) in [5.74, 6) is 0. The third-order valence-electron chi connectivity index (χ3n) is 5.07. The standard InChI is InChI=1S/C20H26ClN3O2S/c1-2-23-12-14-24(15-13-23)20(17-6-4-3-5-7-17)16-22-27(25,26)19-10-8-18(21)9-11-19/h3-11,20,22H,2,12-16H2,1H3/t20-/m0/s1. The van der Waals surface area contributed by atoms with Crippen LogP contribution in [0.5, 0.6) is 0 Å². The van der Waals surface area contributed by atoms with Crippen LogP contribution in [0.3, 0.4) is 0 Å². The zero-order valence-corrected chi connectivity index (χ0v) is 17.1. The molecule has 1 fully saturated rings. The van der Waals surface area contributed by atoms with Crippen molar-refractivity contribution in [2.45, 2.75) is 17.9 Å². The number of likely N-dealkylation sites (N-methyl/N-ethyl adjacent to an activating group) is 1. The summed E-state index contributed by atoms with van der Waals surface area (Å²) < 4.78 is 28.1. The Morgan fingerprint density at radius 1 is 1.00 bits per heavy atom. The summed E-state index contributed by atoms with van der Waals surface area (Å²) in [7, 11) is -3.58. The van der Waals surface area contributed by atoms with E-state index in [1.54, 1.807) is 12.1 Å². The fraction of sp³-hybridized carbons (Fsp3) is 0.400. The second-order valence-electron chi connectivity index (χ2n) is 6.70. The van der Waals surface area contributed by atoms with Crippen LogP contribution in [0.15, 0.2) is 59.5 Å². The van der Waals surface area contributed by atoms with Gasteiger partial charge in [0.1, 0.15) is 0 Å². The molecule has 1 atom stereocenters. The minimum atomic E-state index is -3.58. The van der Waals surface area contributed by atoms with E-state index in [1.165, 1.54) is 12.1 Å². The number of benzene rings is 2. The van der Waals surface area contributed by atoms with Gasteiger partial charge in [-0.3, -0.25) is 4.90 Å². The predicted octanol–water partition coefficient (Wildman–Crippen LogP) is 3.00. The van der Waals surface area contributed by atoms with E-state index in [9.17, 15) is 8.42 Å². The Morgan fingerprint density at radius 3 is 2.22 bits per heavy atom. The van der Waals surface area contributed by atoms with Crippen LogP contribution in [0.1, 0.15) is 18.5 Å². The van der Waals surface area contributed by atoms with Crippen molar-refractivity contribution in [2.24, 2.45) is 0 Å². The van der Waals surface area contributed by atoms with E-state index in [1.807, 2.05) is 18.2 Å². The van der Waals surface area contributed by atoms with Gasteiger partial charge in [-0.2, -0.15) is 0 Å². The summed E-state index contributed by atoms with van der Waals surface area (Å²) in [5, 5.41) is 0.518. The first-order chi connectivity index (χ1) is 13.0. The maximum absolute atomic E-state index is 12.7. The van der Waals surface area contributed by atoms with Gasteiger partial charge in [-0.05, 0) is 36.4 Å². The molecule has 2 aromatic rings. The Kier molecular flexibility index (Phi) is 6.89. The van der Waals surface area contributed by atoms with Gasteiger partial charge in [-0.25, -0.2) is 13.1 Å². The molecule has 3 rings (SSSR count). The molecule has 0 radical (unpaired) electrons. The van der Waals surface area contributed by atoms with Crippen molar-refractivity contribution in [2.75, 3.05) is 39.3 Å². The molecule has 0 aromatic heterocycles. The van der Waals surface area contributed by atoms with Gasteiger partial charge < -0.3 is 4.90 Å². The fourth-order valence-electron chi connectivity index (χ4n) is 3.41. The SMILES string of the molecule is CCN1CCN([C@@H](CNS(=O)(=O)c2ccc(Cl)cc2)c2ccccc2)CC1. The highest BCUT2D eigenvalue weighted by atomic mass is 35.5. The third-order valence-corrected chi connectivity index (χ3v) is 6.76. The topological polar surface area (TPSA) is 52.6 Å².